The fourth-order valence-corrected chi connectivity index (χ4v) is 12.6. The Balaban J connectivity index is 2.38. The average Bonchev–Trinajstić information content (AvgIpc) is 2.48. The van der Waals surface area contributed by atoms with Crippen LogP contribution in [0.2, 0.25) is 39.3 Å². The second kappa shape index (κ2) is 9.90. The lowest BCUT2D eigenvalue weighted by molar-refractivity contribution is 0.114. The van der Waals surface area contributed by atoms with Gasteiger partial charge in [-0.2, -0.15) is 0 Å². The third kappa shape index (κ3) is 8.10. The van der Waals surface area contributed by atoms with Crippen molar-refractivity contribution in [2.45, 2.75) is 72.1 Å². The lowest BCUT2D eigenvalue weighted by atomic mass is 10.0. The molecule has 0 heterocycles. The van der Waals surface area contributed by atoms with Crippen molar-refractivity contribution in [3.8, 4) is 0 Å². The highest BCUT2D eigenvalue weighted by Gasteiger charge is 2.35. The van der Waals surface area contributed by atoms with E-state index in [1.165, 1.54) is 18.4 Å². The predicted octanol–water partition coefficient (Wildman–Crippen LogP) is 6.14. The van der Waals surface area contributed by atoms with Gasteiger partial charge in [-0.3, -0.25) is 0 Å². The Hall–Kier alpha value is -0.426. The third-order valence-electron chi connectivity index (χ3n) is 4.30. The molecule has 1 unspecified atom stereocenters. The third-order valence-corrected chi connectivity index (χ3v) is 11.5. The standard InChI is InChI=1S/C20H38NOSi2/c1-8-19(17-21(23(2,3)4)24(5,6)7)15-12-16-22-18-20-13-10-9-11-14-20/h9-11,13-14,17,19H,8,12,15-16,18H2,1-7H3. The van der Waals surface area contributed by atoms with Crippen molar-refractivity contribution in [2.75, 3.05) is 6.61 Å². The van der Waals surface area contributed by atoms with Gasteiger partial charge < -0.3 is 8.97 Å². The summed E-state index contributed by atoms with van der Waals surface area (Å²) in [6, 6.07) is 10.4. The van der Waals surface area contributed by atoms with Gasteiger partial charge in [-0.25, -0.2) is 0 Å². The van der Waals surface area contributed by atoms with Crippen molar-refractivity contribution in [1.29, 1.82) is 0 Å². The minimum atomic E-state index is -1.29. The molecule has 24 heavy (non-hydrogen) atoms. The van der Waals surface area contributed by atoms with E-state index in [1.807, 2.05) is 6.07 Å². The lowest BCUT2D eigenvalue weighted by Crippen LogP contribution is -2.58. The van der Waals surface area contributed by atoms with Crippen LogP contribution in [0.1, 0.15) is 31.7 Å². The highest BCUT2D eigenvalue weighted by molar-refractivity contribution is 6.89. The van der Waals surface area contributed by atoms with E-state index in [-0.39, 0.29) is 0 Å². The highest BCUT2D eigenvalue weighted by atomic mass is 28.4. The average molecular weight is 365 g/mol. The Morgan fingerprint density at radius 1 is 1.00 bits per heavy atom. The Morgan fingerprint density at radius 3 is 2.08 bits per heavy atom. The largest absolute Gasteiger partial charge is 0.377 e. The molecule has 1 aromatic carbocycles. The molecule has 137 valence electrons. The van der Waals surface area contributed by atoms with E-state index >= 15 is 0 Å². The van der Waals surface area contributed by atoms with Crippen LogP contribution in [0, 0.1) is 12.5 Å². The van der Waals surface area contributed by atoms with E-state index in [2.05, 4.69) is 81.2 Å². The summed E-state index contributed by atoms with van der Waals surface area (Å²) in [4.78, 5) is 0. The molecule has 0 saturated heterocycles. The number of hydrogen-bond donors (Lipinski definition) is 0. The van der Waals surface area contributed by atoms with Crippen molar-refractivity contribution in [1.82, 2.24) is 4.23 Å². The first-order chi connectivity index (χ1) is 11.1. The van der Waals surface area contributed by atoms with Gasteiger partial charge in [-0.1, -0.05) is 83.0 Å². The minimum absolute atomic E-state index is 0.684. The second-order valence-corrected chi connectivity index (χ2v) is 18.8. The summed E-state index contributed by atoms with van der Waals surface area (Å²) in [5, 5.41) is 0. The van der Waals surface area contributed by atoms with Crippen LogP contribution >= 0.6 is 0 Å². The number of hydrogen-bond acceptors (Lipinski definition) is 2. The molecule has 2 nitrogen and oxygen atoms in total. The topological polar surface area (TPSA) is 12.5 Å². The fourth-order valence-electron chi connectivity index (χ4n) is 3.26. The van der Waals surface area contributed by atoms with Gasteiger partial charge in [0.2, 0.25) is 0 Å². The molecule has 0 saturated carbocycles. The van der Waals surface area contributed by atoms with Crippen LogP contribution in [0.3, 0.4) is 0 Å². The highest BCUT2D eigenvalue weighted by Crippen LogP contribution is 2.27. The zero-order valence-corrected chi connectivity index (χ0v) is 18.9. The Morgan fingerprint density at radius 2 is 1.58 bits per heavy atom. The van der Waals surface area contributed by atoms with Crippen LogP contribution in [-0.2, 0) is 11.3 Å². The summed E-state index contributed by atoms with van der Waals surface area (Å²) in [5.41, 5.74) is 1.26. The van der Waals surface area contributed by atoms with Gasteiger partial charge in [-0.15, -0.1) is 0 Å². The van der Waals surface area contributed by atoms with Gasteiger partial charge in [0.15, 0.2) is 0 Å². The van der Waals surface area contributed by atoms with Gasteiger partial charge in [0, 0.05) is 13.2 Å². The Labute approximate surface area is 152 Å². The monoisotopic (exact) mass is 364 g/mol. The molecule has 0 aliphatic carbocycles. The van der Waals surface area contributed by atoms with E-state index in [9.17, 15) is 0 Å². The van der Waals surface area contributed by atoms with E-state index in [0.29, 0.717) is 5.92 Å². The molecule has 1 rings (SSSR count). The van der Waals surface area contributed by atoms with Crippen molar-refractivity contribution < 1.29 is 4.74 Å². The smallest absolute Gasteiger partial charge is 0.112 e. The van der Waals surface area contributed by atoms with E-state index < -0.39 is 16.5 Å². The molecule has 1 atom stereocenters. The maximum atomic E-state index is 5.84. The SMILES string of the molecule is CCC([CH]N([Si](C)(C)C)[Si](C)(C)C)CCCOCc1ccccc1. The number of nitrogens with zero attached hydrogens (tertiary/aromatic N) is 1. The summed E-state index contributed by atoms with van der Waals surface area (Å²) in [6.45, 7) is 21.3. The molecule has 0 aliphatic rings. The molecule has 0 N–H and O–H groups in total. The molecule has 0 spiro atoms. The van der Waals surface area contributed by atoms with Crippen LogP contribution in [0.25, 0.3) is 0 Å². The lowest BCUT2D eigenvalue weighted by Gasteiger charge is -2.45. The maximum Gasteiger partial charge on any atom is 0.112 e. The van der Waals surface area contributed by atoms with E-state index in [4.69, 9.17) is 4.74 Å². The number of benzene rings is 1. The predicted molar refractivity (Wildman–Crippen MR) is 112 cm³/mol. The molecular formula is C20H38NOSi2. The molecule has 0 aromatic heterocycles. The van der Waals surface area contributed by atoms with Crippen molar-refractivity contribution in [3.63, 3.8) is 0 Å². The van der Waals surface area contributed by atoms with Gasteiger partial charge in [0.05, 0.1) is 6.61 Å². The molecular weight excluding hydrogens is 326 g/mol. The van der Waals surface area contributed by atoms with E-state index in [0.717, 1.165) is 19.6 Å². The Kier molecular flexibility index (Phi) is 8.92. The maximum absolute atomic E-state index is 5.84. The quantitative estimate of drug-likeness (QED) is 0.345. The van der Waals surface area contributed by atoms with Gasteiger partial charge in [0.25, 0.3) is 0 Å². The fraction of sp³-hybridized carbons (Fsp3) is 0.650. The molecule has 4 heteroatoms. The molecule has 0 amide bonds. The van der Waals surface area contributed by atoms with Crippen LogP contribution < -0.4 is 0 Å². The first-order valence-electron chi connectivity index (χ1n) is 9.40. The first kappa shape index (κ1) is 21.6. The normalized spacial score (nSPS) is 14.2. The Bertz CT molecular complexity index is 437. The zero-order valence-electron chi connectivity index (χ0n) is 16.9. The van der Waals surface area contributed by atoms with Crippen molar-refractivity contribution in [2.24, 2.45) is 5.92 Å². The van der Waals surface area contributed by atoms with Crippen LogP contribution in [0.4, 0.5) is 0 Å². The van der Waals surface area contributed by atoms with Gasteiger partial charge in [-0.05, 0) is 24.3 Å². The second-order valence-electron chi connectivity index (χ2n) is 8.71. The minimum Gasteiger partial charge on any atom is -0.377 e. The van der Waals surface area contributed by atoms with Crippen LogP contribution in [-0.4, -0.2) is 27.3 Å². The van der Waals surface area contributed by atoms with Crippen molar-refractivity contribution >= 4 is 16.5 Å². The van der Waals surface area contributed by atoms with Crippen LogP contribution in [0.5, 0.6) is 0 Å². The number of ether oxygens (including phenoxy) is 1. The summed E-state index contributed by atoms with van der Waals surface area (Å²) < 4.78 is 8.65. The molecule has 0 aliphatic heterocycles. The molecule has 1 aromatic rings. The zero-order chi connectivity index (χ0) is 18.2. The molecule has 0 fully saturated rings. The van der Waals surface area contributed by atoms with Gasteiger partial charge >= 0.3 is 0 Å². The number of rotatable bonds is 11. The molecule has 0 bridgehead atoms. The van der Waals surface area contributed by atoms with Gasteiger partial charge in [0.1, 0.15) is 16.5 Å². The van der Waals surface area contributed by atoms with E-state index in [1.54, 1.807) is 0 Å². The summed E-state index contributed by atoms with van der Waals surface area (Å²) in [5.74, 6) is 0.684. The summed E-state index contributed by atoms with van der Waals surface area (Å²) >= 11 is 0. The van der Waals surface area contributed by atoms with Crippen molar-refractivity contribution in [3.05, 3.63) is 42.4 Å². The molecule has 1 radical (unpaired) electrons. The first-order valence-corrected chi connectivity index (χ1v) is 16.3. The summed E-state index contributed by atoms with van der Waals surface area (Å²) in [6.07, 6.45) is 3.61. The van der Waals surface area contributed by atoms with Crippen LogP contribution in [0.15, 0.2) is 30.3 Å². The summed E-state index contributed by atoms with van der Waals surface area (Å²) in [7, 11) is -2.58.